The summed E-state index contributed by atoms with van der Waals surface area (Å²) in [6.07, 6.45) is 7.09. The van der Waals surface area contributed by atoms with Gasteiger partial charge < -0.3 is 5.21 Å². The molecule has 1 aromatic carbocycles. The second-order valence-corrected chi connectivity index (χ2v) is 9.79. The van der Waals surface area contributed by atoms with Gasteiger partial charge in [-0.05, 0) is 95.9 Å². The number of aromatic nitrogens is 1. The molecule has 2 nitrogen and oxygen atoms in total. The van der Waals surface area contributed by atoms with E-state index in [1.165, 1.54) is 41.4 Å². The van der Waals surface area contributed by atoms with Crippen molar-refractivity contribution in [2.24, 2.45) is 35.0 Å². The van der Waals surface area contributed by atoms with Gasteiger partial charge in [0.15, 0.2) is 0 Å². The Morgan fingerprint density at radius 3 is 2.76 bits per heavy atom. The van der Waals surface area contributed by atoms with Crippen LogP contribution in [0.3, 0.4) is 0 Å². The van der Waals surface area contributed by atoms with Gasteiger partial charge in [-0.1, -0.05) is 27.7 Å². The highest BCUT2D eigenvalue weighted by molar-refractivity contribution is 5.82. The Hall–Kier alpha value is -1.44. The minimum atomic E-state index is 0.538. The summed E-state index contributed by atoms with van der Waals surface area (Å²) in [4.78, 5) is 0. The topological polar surface area (TPSA) is 25.2 Å². The molecular weight excluding hydrogens is 306 g/mol. The Morgan fingerprint density at radius 2 is 1.96 bits per heavy atom. The standard InChI is InChI=1S/C23H31NO/c1-13-9-20-18-6-5-16-11-21-17(7-8-24(21)25)10-19(16)22(18)14(2)12-23(20,4)15(13)3/h7-8,10-11,13-15,18,20,22,25H,5-6,9,12H2,1-4H3/t13?,14?,15?,18?,20?,22?,23-/m1/s1. The molecule has 0 saturated heterocycles. The number of hydrogen-bond donors (Lipinski definition) is 1. The molecule has 1 N–H and O–H groups in total. The Kier molecular flexibility index (Phi) is 3.19. The van der Waals surface area contributed by atoms with Crippen LogP contribution in [-0.2, 0) is 6.42 Å². The highest BCUT2D eigenvalue weighted by Crippen LogP contribution is 2.65. The zero-order valence-electron chi connectivity index (χ0n) is 16.0. The molecule has 0 amide bonds. The molecule has 1 aromatic heterocycles. The van der Waals surface area contributed by atoms with Crippen molar-refractivity contribution in [3.8, 4) is 0 Å². The third-order valence-electron chi connectivity index (χ3n) is 8.76. The van der Waals surface area contributed by atoms with Crippen LogP contribution in [0.25, 0.3) is 10.9 Å². The van der Waals surface area contributed by atoms with E-state index in [2.05, 4.69) is 45.9 Å². The summed E-state index contributed by atoms with van der Waals surface area (Å²) in [6, 6.07) is 6.70. The molecule has 3 aliphatic carbocycles. The van der Waals surface area contributed by atoms with E-state index < -0.39 is 0 Å². The smallest absolute Gasteiger partial charge is 0.0868 e. The first-order valence-electron chi connectivity index (χ1n) is 10.2. The molecule has 25 heavy (non-hydrogen) atoms. The van der Waals surface area contributed by atoms with E-state index in [1.807, 2.05) is 0 Å². The minimum Gasteiger partial charge on any atom is -0.428 e. The molecule has 2 heteroatoms. The molecule has 2 aromatic rings. The number of fused-ring (bicyclic) bond motifs is 6. The summed E-state index contributed by atoms with van der Waals surface area (Å²) in [6.45, 7) is 10.1. The molecule has 0 radical (unpaired) electrons. The lowest BCUT2D eigenvalue weighted by molar-refractivity contribution is -0.000214. The fourth-order valence-electron chi connectivity index (χ4n) is 7.35. The van der Waals surface area contributed by atoms with Gasteiger partial charge in [-0.25, -0.2) is 0 Å². The maximum absolute atomic E-state index is 10.0. The minimum absolute atomic E-state index is 0.538. The fraction of sp³-hybridized carbons (Fsp3) is 0.652. The van der Waals surface area contributed by atoms with E-state index >= 15 is 0 Å². The molecular formula is C23H31NO. The first kappa shape index (κ1) is 15.8. The van der Waals surface area contributed by atoms with Gasteiger partial charge in [0.05, 0.1) is 5.52 Å². The molecule has 5 rings (SSSR count). The first-order valence-corrected chi connectivity index (χ1v) is 10.2. The van der Waals surface area contributed by atoms with E-state index in [0.29, 0.717) is 11.3 Å². The van der Waals surface area contributed by atoms with E-state index in [-0.39, 0.29) is 0 Å². The summed E-state index contributed by atoms with van der Waals surface area (Å²) in [5.74, 6) is 4.94. The van der Waals surface area contributed by atoms with Crippen LogP contribution in [0.15, 0.2) is 24.4 Å². The first-order chi connectivity index (χ1) is 11.9. The van der Waals surface area contributed by atoms with Crippen molar-refractivity contribution >= 4 is 10.9 Å². The molecule has 7 atom stereocenters. The molecule has 2 saturated carbocycles. The van der Waals surface area contributed by atoms with Gasteiger partial charge in [-0.3, -0.25) is 0 Å². The van der Waals surface area contributed by atoms with E-state index in [1.54, 1.807) is 11.8 Å². The molecule has 134 valence electrons. The Labute approximate surface area is 151 Å². The Balaban J connectivity index is 1.62. The van der Waals surface area contributed by atoms with Crippen LogP contribution in [0, 0.1) is 35.0 Å². The predicted molar refractivity (Wildman–Crippen MR) is 102 cm³/mol. The maximum atomic E-state index is 10.0. The molecule has 0 spiro atoms. The van der Waals surface area contributed by atoms with Crippen LogP contribution < -0.4 is 0 Å². The second kappa shape index (κ2) is 5.05. The molecule has 1 heterocycles. The molecule has 0 bridgehead atoms. The Morgan fingerprint density at radius 1 is 1.16 bits per heavy atom. The van der Waals surface area contributed by atoms with Crippen molar-refractivity contribution < 1.29 is 5.21 Å². The maximum Gasteiger partial charge on any atom is 0.0868 e. The molecule has 3 aliphatic rings. The summed E-state index contributed by atoms with van der Waals surface area (Å²) in [5, 5.41) is 11.2. The summed E-state index contributed by atoms with van der Waals surface area (Å²) >= 11 is 0. The van der Waals surface area contributed by atoms with Crippen molar-refractivity contribution in [3.63, 3.8) is 0 Å². The van der Waals surface area contributed by atoms with Crippen molar-refractivity contribution in [2.75, 3.05) is 0 Å². The number of hydrogen-bond acceptors (Lipinski definition) is 1. The van der Waals surface area contributed by atoms with Crippen LogP contribution in [0.4, 0.5) is 0 Å². The highest BCUT2D eigenvalue weighted by Gasteiger charge is 2.57. The van der Waals surface area contributed by atoms with Crippen LogP contribution >= 0.6 is 0 Å². The number of aryl methyl sites for hydroxylation is 1. The lowest BCUT2D eigenvalue weighted by atomic mass is 9.51. The van der Waals surface area contributed by atoms with Crippen LogP contribution in [0.1, 0.15) is 64.0 Å². The largest absolute Gasteiger partial charge is 0.428 e. The summed E-state index contributed by atoms with van der Waals surface area (Å²) in [7, 11) is 0. The molecule has 0 aliphatic heterocycles. The average molecular weight is 338 g/mol. The van der Waals surface area contributed by atoms with Gasteiger partial charge in [-0.15, -0.1) is 0 Å². The van der Waals surface area contributed by atoms with Crippen LogP contribution in [-0.4, -0.2) is 9.94 Å². The van der Waals surface area contributed by atoms with Gasteiger partial charge in [-0.2, -0.15) is 4.73 Å². The zero-order valence-corrected chi connectivity index (χ0v) is 16.0. The zero-order chi connectivity index (χ0) is 17.5. The third kappa shape index (κ3) is 1.97. The van der Waals surface area contributed by atoms with E-state index in [4.69, 9.17) is 0 Å². The van der Waals surface area contributed by atoms with Crippen molar-refractivity contribution in [1.82, 2.24) is 4.73 Å². The third-order valence-corrected chi connectivity index (χ3v) is 8.76. The SMILES string of the molecule is CC1C[C@]2(C)C(C)C(C)CC2C2CCc3cc4c(ccn4O)cc3C12. The summed E-state index contributed by atoms with van der Waals surface area (Å²) < 4.78 is 1.28. The summed E-state index contributed by atoms with van der Waals surface area (Å²) in [5.41, 5.74) is 4.58. The molecule has 6 unspecified atom stereocenters. The van der Waals surface area contributed by atoms with Gasteiger partial charge in [0.25, 0.3) is 0 Å². The number of nitrogens with zero attached hydrogens (tertiary/aromatic N) is 1. The van der Waals surface area contributed by atoms with Gasteiger partial charge in [0, 0.05) is 11.6 Å². The fourth-order valence-corrected chi connectivity index (χ4v) is 7.35. The van der Waals surface area contributed by atoms with E-state index in [0.717, 1.165) is 35.1 Å². The van der Waals surface area contributed by atoms with Crippen LogP contribution in [0.2, 0.25) is 0 Å². The molecule has 2 fully saturated rings. The average Bonchev–Trinajstić information content (AvgIpc) is 3.05. The highest BCUT2D eigenvalue weighted by atomic mass is 16.5. The number of benzene rings is 1. The van der Waals surface area contributed by atoms with Crippen molar-refractivity contribution in [1.29, 1.82) is 0 Å². The second-order valence-electron chi connectivity index (χ2n) is 9.79. The lowest BCUT2D eigenvalue weighted by Gasteiger charge is -2.53. The van der Waals surface area contributed by atoms with Crippen LogP contribution in [0.5, 0.6) is 0 Å². The predicted octanol–water partition coefficient (Wildman–Crippen LogP) is 5.86. The van der Waals surface area contributed by atoms with Gasteiger partial charge >= 0.3 is 0 Å². The number of rotatable bonds is 0. The van der Waals surface area contributed by atoms with Crippen molar-refractivity contribution in [2.45, 2.75) is 59.3 Å². The Bertz CT molecular complexity index is 836. The van der Waals surface area contributed by atoms with Gasteiger partial charge in [0.2, 0.25) is 0 Å². The van der Waals surface area contributed by atoms with Crippen molar-refractivity contribution in [3.05, 3.63) is 35.5 Å². The normalized spacial score (nSPS) is 42.9. The monoisotopic (exact) mass is 337 g/mol. The lowest BCUT2D eigenvalue weighted by Crippen LogP contribution is -2.45. The van der Waals surface area contributed by atoms with Gasteiger partial charge in [0.1, 0.15) is 0 Å². The van der Waals surface area contributed by atoms with E-state index in [9.17, 15) is 5.21 Å². The quantitative estimate of drug-likeness (QED) is 0.598.